The molecule has 30 heavy (non-hydrogen) atoms. The van der Waals surface area contributed by atoms with E-state index in [0.717, 1.165) is 38.7 Å². The fourth-order valence-electron chi connectivity index (χ4n) is 3.25. The van der Waals surface area contributed by atoms with Crippen LogP contribution in [0.1, 0.15) is 27.0 Å². The number of nitrogens with zero attached hydrogens (tertiary/aromatic N) is 2. The number of ether oxygens (including phenoxy) is 1. The molecule has 0 saturated heterocycles. The van der Waals surface area contributed by atoms with Crippen LogP contribution < -0.4 is 10.1 Å². The van der Waals surface area contributed by atoms with Crippen LogP contribution in [0.5, 0.6) is 5.75 Å². The molecule has 2 aromatic carbocycles. The number of benzene rings is 2. The van der Waals surface area contributed by atoms with Gasteiger partial charge in [-0.25, -0.2) is 4.98 Å². The van der Waals surface area contributed by atoms with Crippen LogP contribution in [-0.4, -0.2) is 15.9 Å². The molecule has 150 valence electrons. The molecule has 0 aliphatic rings. The molecule has 5 nitrogen and oxygen atoms in total. The summed E-state index contributed by atoms with van der Waals surface area (Å²) in [5, 5.41) is 5.84. The van der Waals surface area contributed by atoms with Crippen molar-refractivity contribution in [1.29, 1.82) is 0 Å². The van der Waals surface area contributed by atoms with E-state index in [9.17, 15) is 4.79 Å². The molecule has 0 aliphatic heterocycles. The number of pyridine rings is 1. The van der Waals surface area contributed by atoms with Gasteiger partial charge in [-0.2, -0.15) is 0 Å². The first kappa shape index (κ1) is 19.8. The lowest BCUT2D eigenvalue weighted by molar-refractivity contribution is 0.102. The normalized spacial score (nSPS) is 10.6. The molecular formula is C24H21N3O2S. The fourth-order valence-corrected chi connectivity index (χ4v) is 3.88. The van der Waals surface area contributed by atoms with E-state index in [4.69, 9.17) is 4.74 Å². The minimum Gasteiger partial charge on any atom is -0.488 e. The van der Waals surface area contributed by atoms with E-state index in [1.54, 1.807) is 29.9 Å². The third kappa shape index (κ3) is 4.55. The van der Waals surface area contributed by atoms with Crippen molar-refractivity contribution in [3.8, 4) is 16.3 Å². The molecule has 0 fully saturated rings. The molecule has 1 N–H and O–H groups in total. The Morgan fingerprint density at radius 3 is 2.60 bits per heavy atom. The van der Waals surface area contributed by atoms with Crippen molar-refractivity contribution < 1.29 is 9.53 Å². The Labute approximate surface area is 179 Å². The number of carbonyl (C=O) groups is 1. The predicted octanol–water partition coefficient (Wildman–Crippen LogP) is 5.65. The van der Waals surface area contributed by atoms with Crippen molar-refractivity contribution in [1.82, 2.24) is 9.97 Å². The van der Waals surface area contributed by atoms with Crippen LogP contribution in [0.25, 0.3) is 10.6 Å². The van der Waals surface area contributed by atoms with E-state index in [2.05, 4.69) is 15.3 Å². The number of hydrogen-bond donors (Lipinski definition) is 1. The first-order valence-corrected chi connectivity index (χ1v) is 10.4. The third-order valence-electron chi connectivity index (χ3n) is 4.63. The van der Waals surface area contributed by atoms with Gasteiger partial charge in [-0.1, -0.05) is 18.2 Å². The molecule has 0 saturated carbocycles. The quantitative estimate of drug-likeness (QED) is 0.442. The Hall–Kier alpha value is -3.51. The van der Waals surface area contributed by atoms with Gasteiger partial charge in [0.05, 0.1) is 0 Å². The number of aryl methyl sites for hydroxylation is 2. The van der Waals surface area contributed by atoms with Crippen molar-refractivity contribution in [2.24, 2.45) is 0 Å². The van der Waals surface area contributed by atoms with E-state index in [1.807, 2.05) is 67.8 Å². The molecule has 1 amide bonds. The zero-order valence-electron chi connectivity index (χ0n) is 16.8. The van der Waals surface area contributed by atoms with Crippen molar-refractivity contribution in [3.05, 3.63) is 94.8 Å². The van der Waals surface area contributed by atoms with Gasteiger partial charge < -0.3 is 10.1 Å². The van der Waals surface area contributed by atoms with Gasteiger partial charge in [-0.3, -0.25) is 9.78 Å². The number of aromatic nitrogens is 2. The molecule has 0 spiro atoms. The first-order chi connectivity index (χ1) is 14.6. The van der Waals surface area contributed by atoms with Crippen molar-refractivity contribution in [2.75, 3.05) is 5.32 Å². The molecule has 2 aromatic heterocycles. The highest BCUT2D eigenvalue weighted by Gasteiger charge is 2.13. The molecule has 0 bridgehead atoms. The van der Waals surface area contributed by atoms with Crippen LogP contribution in [0.2, 0.25) is 0 Å². The summed E-state index contributed by atoms with van der Waals surface area (Å²) >= 11 is 1.57. The Balaban J connectivity index is 1.49. The maximum absolute atomic E-state index is 12.8. The molecular weight excluding hydrogens is 394 g/mol. The third-order valence-corrected chi connectivity index (χ3v) is 5.45. The number of rotatable bonds is 6. The van der Waals surface area contributed by atoms with Gasteiger partial charge in [0.2, 0.25) is 0 Å². The van der Waals surface area contributed by atoms with Gasteiger partial charge in [-0.15, -0.1) is 11.3 Å². The van der Waals surface area contributed by atoms with E-state index in [1.165, 1.54) is 0 Å². The Morgan fingerprint density at radius 2 is 1.90 bits per heavy atom. The predicted molar refractivity (Wildman–Crippen MR) is 120 cm³/mol. The van der Waals surface area contributed by atoms with Crippen LogP contribution >= 0.6 is 11.3 Å². The highest BCUT2D eigenvalue weighted by atomic mass is 32.1. The number of nitrogens with one attached hydrogen (secondary N) is 1. The maximum atomic E-state index is 12.8. The smallest absolute Gasteiger partial charge is 0.255 e. The molecule has 2 heterocycles. The summed E-state index contributed by atoms with van der Waals surface area (Å²) in [5.74, 6) is 0.637. The summed E-state index contributed by atoms with van der Waals surface area (Å²) < 4.78 is 5.99. The summed E-state index contributed by atoms with van der Waals surface area (Å²) in [6, 6.07) is 15.3. The molecule has 4 aromatic rings. The second-order valence-corrected chi connectivity index (χ2v) is 7.86. The number of carbonyl (C=O) groups excluding carboxylic acids is 1. The van der Waals surface area contributed by atoms with Crippen LogP contribution in [0.4, 0.5) is 5.69 Å². The first-order valence-electron chi connectivity index (χ1n) is 9.54. The average Bonchev–Trinajstić information content (AvgIpc) is 3.29. The number of hydrogen-bond acceptors (Lipinski definition) is 5. The number of anilines is 1. The Morgan fingerprint density at radius 1 is 1.07 bits per heavy atom. The lowest BCUT2D eigenvalue weighted by atomic mass is 10.0. The van der Waals surface area contributed by atoms with Crippen molar-refractivity contribution >= 4 is 22.9 Å². The highest BCUT2D eigenvalue weighted by Crippen LogP contribution is 2.27. The van der Waals surface area contributed by atoms with E-state index >= 15 is 0 Å². The fraction of sp³-hybridized carbons (Fsp3) is 0.125. The van der Waals surface area contributed by atoms with Gasteiger partial charge >= 0.3 is 0 Å². The second-order valence-electron chi connectivity index (χ2n) is 6.96. The number of amides is 1. The number of thiazole rings is 1. The van der Waals surface area contributed by atoms with E-state index in [-0.39, 0.29) is 5.91 Å². The molecule has 0 radical (unpaired) electrons. The monoisotopic (exact) mass is 415 g/mol. The molecule has 0 atom stereocenters. The minimum absolute atomic E-state index is 0.156. The summed E-state index contributed by atoms with van der Waals surface area (Å²) in [4.78, 5) is 21.3. The molecule has 0 aliphatic carbocycles. The minimum atomic E-state index is -0.156. The van der Waals surface area contributed by atoms with Crippen LogP contribution in [-0.2, 0) is 6.61 Å². The highest BCUT2D eigenvalue weighted by molar-refractivity contribution is 7.13. The van der Waals surface area contributed by atoms with Gasteiger partial charge in [-0.05, 0) is 55.3 Å². The van der Waals surface area contributed by atoms with Crippen LogP contribution in [0.15, 0.2) is 72.5 Å². The average molecular weight is 416 g/mol. The summed E-state index contributed by atoms with van der Waals surface area (Å²) in [6.45, 7) is 4.33. The molecule has 6 heteroatoms. The van der Waals surface area contributed by atoms with Crippen LogP contribution in [0.3, 0.4) is 0 Å². The Bertz CT molecular complexity index is 1140. The second kappa shape index (κ2) is 8.88. The van der Waals surface area contributed by atoms with E-state index in [0.29, 0.717) is 12.2 Å². The largest absolute Gasteiger partial charge is 0.488 e. The van der Waals surface area contributed by atoms with Crippen LogP contribution in [0, 0.1) is 13.8 Å². The van der Waals surface area contributed by atoms with Gasteiger partial charge in [0.15, 0.2) is 0 Å². The SMILES string of the molecule is Cc1cc(C(=O)Nc2cccc(-c3nccs3)c2)cc(C)c1OCc1cccnc1. The zero-order valence-corrected chi connectivity index (χ0v) is 17.6. The van der Waals surface area contributed by atoms with Gasteiger partial charge in [0.1, 0.15) is 17.4 Å². The lowest BCUT2D eigenvalue weighted by Gasteiger charge is -2.14. The summed E-state index contributed by atoms with van der Waals surface area (Å²) in [7, 11) is 0. The lowest BCUT2D eigenvalue weighted by Crippen LogP contribution is -2.13. The zero-order chi connectivity index (χ0) is 20.9. The van der Waals surface area contributed by atoms with Gasteiger partial charge in [0.25, 0.3) is 5.91 Å². The Kier molecular flexibility index (Phi) is 5.86. The maximum Gasteiger partial charge on any atom is 0.255 e. The topological polar surface area (TPSA) is 64.1 Å². The van der Waals surface area contributed by atoms with E-state index < -0.39 is 0 Å². The molecule has 4 rings (SSSR count). The van der Waals surface area contributed by atoms with Crippen molar-refractivity contribution in [2.45, 2.75) is 20.5 Å². The van der Waals surface area contributed by atoms with Gasteiger partial charge in [0, 0.05) is 46.3 Å². The summed E-state index contributed by atoms with van der Waals surface area (Å²) in [5.41, 5.74) is 5.15. The standard InChI is InChI=1S/C24H21N3O2S/c1-16-11-20(12-17(2)22(16)29-15-18-5-4-8-25-14-18)23(28)27-21-7-3-6-19(13-21)24-26-9-10-30-24/h3-14H,15H2,1-2H3,(H,27,28). The molecule has 0 unspecified atom stereocenters. The van der Waals surface area contributed by atoms with Crippen molar-refractivity contribution in [3.63, 3.8) is 0 Å². The summed E-state index contributed by atoms with van der Waals surface area (Å²) in [6.07, 6.45) is 5.29.